The molecular weight excluding hydrogens is 334 g/mol. The lowest BCUT2D eigenvalue weighted by Gasteiger charge is -2.06. The quantitative estimate of drug-likeness (QED) is 0.492. The Morgan fingerprint density at radius 3 is 2.79 bits per heavy atom. The molecule has 0 heterocycles. The molecule has 2 rings (SSSR count). The second-order valence-electron chi connectivity index (χ2n) is 4.59. The molecular formula is C16H14ClN3O4. The summed E-state index contributed by atoms with van der Waals surface area (Å²) in [6, 6.07) is 10.8. The van der Waals surface area contributed by atoms with E-state index in [-0.39, 0.29) is 16.3 Å². The molecule has 0 radical (unpaired) electrons. The zero-order chi connectivity index (χ0) is 17.5. The van der Waals surface area contributed by atoms with Gasteiger partial charge in [-0.1, -0.05) is 23.7 Å². The number of rotatable bonds is 6. The van der Waals surface area contributed by atoms with Crippen LogP contribution in [-0.2, 0) is 0 Å². The van der Waals surface area contributed by atoms with Crippen molar-refractivity contribution in [1.82, 2.24) is 5.43 Å². The number of hydrogen-bond acceptors (Lipinski definition) is 5. The van der Waals surface area contributed by atoms with E-state index in [0.29, 0.717) is 17.9 Å². The van der Waals surface area contributed by atoms with E-state index < -0.39 is 10.8 Å². The zero-order valence-electron chi connectivity index (χ0n) is 12.7. The number of halogens is 1. The van der Waals surface area contributed by atoms with Crippen LogP contribution < -0.4 is 10.2 Å². The minimum absolute atomic E-state index is 0.0217. The van der Waals surface area contributed by atoms with Crippen LogP contribution in [0.15, 0.2) is 47.6 Å². The van der Waals surface area contributed by atoms with Crippen LogP contribution in [0.3, 0.4) is 0 Å². The predicted molar refractivity (Wildman–Crippen MR) is 90.8 cm³/mol. The Morgan fingerprint density at radius 2 is 2.12 bits per heavy atom. The van der Waals surface area contributed by atoms with Gasteiger partial charge in [-0.25, -0.2) is 5.43 Å². The first-order chi connectivity index (χ1) is 11.5. The number of para-hydroxylation sites is 1. The third-order valence-electron chi connectivity index (χ3n) is 3.00. The average molecular weight is 348 g/mol. The van der Waals surface area contributed by atoms with Gasteiger partial charge in [-0.15, -0.1) is 0 Å². The topological polar surface area (TPSA) is 93.8 Å². The van der Waals surface area contributed by atoms with Gasteiger partial charge in [0.05, 0.1) is 28.3 Å². The number of carbonyl (C=O) groups is 1. The highest BCUT2D eigenvalue weighted by atomic mass is 35.5. The number of nitro benzene ring substituents is 1. The molecule has 1 N–H and O–H groups in total. The Balaban J connectivity index is 2.09. The van der Waals surface area contributed by atoms with Crippen LogP contribution in [0.1, 0.15) is 22.8 Å². The molecule has 0 aromatic heterocycles. The number of nitrogens with one attached hydrogen (secondary N) is 1. The minimum atomic E-state index is -0.587. The summed E-state index contributed by atoms with van der Waals surface area (Å²) in [5.41, 5.74) is 2.94. The Bertz CT molecular complexity index is 793. The Morgan fingerprint density at radius 1 is 1.38 bits per heavy atom. The molecule has 2 aromatic rings. The highest BCUT2D eigenvalue weighted by molar-refractivity contribution is 6.34. The highest BCUT2D eigenvalue weighted by Crippen LogP contribution is 2.22. The van der Waals surface area contributed by atoms with Crippen LogP contribution in [0.25, 0.3) is 0 Å². The van der Waals surface area contributed by atoms with Crippen LogP contribution in [0, 0.1) is 10.1 Å². The van der Waals surface area contributed by atoms with Gasteiger partial charge in [-0.3, -0.25) is 14.9 Å². The number of hydrazone groups is 1. The van der Waals surface area contributed by atoms with Crippen LogP contribution >= 0.6 is 11.6 Å². The average Bonchev–Trinajstić information content (AvgIpc) is 2.56. The van der Waals surface area contributed by atoms with E-state index in [4.69, 9.17) is 16.3 Å². The van der Waals surface area contributed by atoms with Crippen molar-refractivity contribution in [1.29, 1.82) is 0 Å². The highest BCUT2D eigenvalue weighted by Gasteiger charge is 2.14. The molecule has 0 spiro atoms. The molecule has 0 aliphatic rings. The molecule has 0 saturated heterocycles. The molecule has 0 unspecified atom stereocenters. The first-order valence-corrected chi connectivity index (χ1v) is 7.40. The fourth-order valence-electron chi connectivity index (χ4n) is 1.90. The van der Waals surface area contributed by atoms with E-state index in [0.717, 1.165) is 6.07 Å². The van der Waals surface area contributed by atoms with Crippen LogP contribution in [0.4, 0.5) is 5.69 Å². The fraction of sp³-hybridized carbons (Fsp3) is 0.125. The third kappa shape index (κ3) is 4.30. The summed E-state index contributed by atoms with van der Waals surface area (Å²) in [5.74, 6) is 0.0754. The maximum Gasteiger partial charge on any atom is 0.272 e. The molecule has 0 fully saturated rings. The minimum Gasteiger partial charge on any atom is -0.493 e. The van der Waals surface area contributed by atoms with Gasteiger partial charge < -0.3 is 4.74 Å². The van der Waals surface area contributed by atoms with Crippen LogP contribution in [0.2, 0.25) is 5.02 Å². The van der Waals surface area contributed by atoms with Crippen LogP contribution in [0.5, 0.6) is 5.75 Å². The maximum atomic E-state index is 12.0. The monoisotopic (exact) mass is 347 g/mol. The van der Waals surface area contributed by atoms with Gasteiger partial charge >= 0.3 is 0 Å². The van der Waals surface area contributed by atoms with Crippen molar-refractivity contribution in [2.75, 3.05) is 6.61 Å². The predicted octanol–water partition coefficient (Wildman–Crippen LogP) is 3.41. The summed E-state index contributed by atoms with van der Waals surface area (Å²) in [7, 11) is 0. The van der Waals surface area contributed by atoms with Crippen molar-refractivity contribution in [2.24, 2.45) is 5.10 Å². The SMILES string of the molecule is CCOc1ccccc1/C=N\NC(=O)c1ccc([N+](=O)[O-])cc1Cl. The molecule has 7 nitrogen and oxygen atoms in total. The van der Waals surface area contributed by atoms with E-state index in [1.54, 1.807) is 12.1 Å². The number of carbonyl (C=O) groups excluding carboxylic acids is 1. The smallest absolute Gasteiger partial charge is 0.272 e. The fourth-order valence-corrected chi connectivity index (χ4v) is 2.16. The van der Waals surface area contributed by atoms with E-state index in [1.807, 2.05) is 19.1 Å². The molecule has 8 heteroatoms. The van der Waals surface area contributed by atoms with E-state index in [1.165, 1.54) is 18.3 Å². The molecule has 1 amide bonds. The lowest BCUT2D eigenvalue weighted by atomic mass is 10.2. The number of nitro groups is 1. The summed E-state index contributed by atoms with van der Waals surface area (Å²) >= 11 is 5.89. The van der Waals surface area contributed by atoms with Crippen molar-refractivity contribution in [3.63, 3.8) is 0 Å². The van der Waals surface area contributed by atoms with Gasteiger partial charge in [0, 0.05) is 17.7 Å². The molecule has 0 saturated carbocycles. The standard InChI is InChI=1S/C16H14ClN3O4/c1-2-24-15-6-4-3-5-11(15)10-18-19-16(21)13-8-7-12(20(22)23)9-14(13)17/h3-10H,2H2,1H3,(H,19,21)/b18-10-. The molecule has 0 bridgehead atoms. The van der Waals surface area contributed by atoms with E-state index in [9.17, 15) is 14.9 Å². The Hall–Kier alpha value is -2.93. The number of nitrogens with zero attached hydrogens (tertiary/aromatic N) is 2. The van der Waals surface area contributed by atoms with Gasteiger partial charge in [0.1, 0.15) is 5.75 Å². The van der Waals surface area contributed by atoms with Crippen molar-refractivity contribution < 1.29 is 14.5 Å². The number of benzene rings is 2. The lowest BCUT2D eigenvalue weighted by Crippen LogP contribution is -2.18. The molecule has 0 aliphatic carbocycles. The van der Waals surface area contributed by atoms with Gasteiger partial charge in [-0.2, -0.15) is 5.10 Å². The summed E-state index contributed by atoms with van der Waals surface area (Å²) in [6.45, 7) is 2.38. The van der Waals surface area contributed by atoms with Gasteiger partial charge in [0.2, 0.25) is 0 Å². The van der Waals surface area contributed by atoms with Crippen LogP contribution in [-0.4, -0.2) is 23.7 Å². The van der Waals surface area contributed by atoms with Crippen molar-refractivity contribution in [3.05, 3.63) is 68.7 Å². The molecule has 24 heavy (non-hydrogen) atoms. The van der Waals surface area contributed by atoms with Gasteiger partial charge in [0.25, 0.3) is 11.6 Å². The summed E-state index contributed by atoms with van der Waals surface area (Å²) in [4.78, 5) is 22.1. The van der Waals surface area contributed by atoms with E-state index >= 15 is 0 Å². The molecule has 124 valence electrons. The number of non-ortho nitro benzene ring substituents is 1. The largest absolute Gasteiger partial charge is 0.493 e. The summed E-state index contributed by atoms with van der Waals surface area (Å²) < 4.78 is 5.44. The first-order valence-electron chi connectivity index (χ1n) is 7.02. The number of amides is 1. The van der Waals surface area contributed by atoms with Gasteiger partial charge in [0.15, 0.2) is 0 Å². The van der Waals surface area contributed by atoms with Crippen molar-refractivity contribution >= 4 is 29.4 Å². The molecule has 2 aromatic carbocycles. The Labute approximate surface area is 143 Å². The lowest BCUT2D eigenvalue weighted by molar-refractivity contribution is -0.384. The summed E-state index contributed by atoms with van der Waals surface area (Å²) in [5, 5.41) is 14.5. The zero-order valence-corrected chi connectivity index (χ0v) is 13.5. The van der Waals surface area contributed by atoms with Crippen molar-refractivity contribution in [2.45, 2.75) is 6.92 Å². The number of hydrogen-bond donors (Lipinski definition) is 1. The Kier molecular flexibility index (Phi) is 5.86. The van der Waals surface area contributed by atoms with E-state index in [2.05, 4.69) is 10.5 Å². The number of ether oxygens (including phenoxy) is 1. The normalized spacial score (nSPS) is 10.6. The first kappa shape index (κ1) is 17.4. The van der Waals surface area contributed by atoms with Gasteiger partial charge in [-0.05, 0) is 25.1 Å². The molecule has 0 atom stereocenters. The third-order valence-corrected chi connectivity index (χ3v) is 3.31. The summed E-state index contributed by atoms with van der Waals surface area (Å²) in [6.07, 6.45) is 1.45. The second kappa shape index (κ2) is 8.07. The molecule has 0 aliphatic heterocycles. The second-order valence-corrected chi connectivity index (χ2v) is 5.00. The van der Waals surface area contributed by atoms with Crippen molar-refractivity contribution in [3.8, 4) is 5.75 Å². The maximum absolute atomic E-state index is 12.0.